The van der Waals surface area contributed by atoms with Crippen LogP contribution in [0.3, 0.4) is 0 Å². The van der Waals surface area contributed by atoms with Crippen molar-refractivity contribution in [3.63, 3.8) is 0 Å². The lowest BCUT2D eigenvalue weighted by atomic mass is 10.0. The number of likely N-dealkylation sites (N-methyl/N-ethyl adjacent to an activating group) is 1. The van der Waals surface area contributed by atoms with Gasteiger partial charge in [0, 0.05) is 6.42 Å². The first-order valence-electron chi connectivity index (χ1n) is 32.7. The van der Waals surface area contributed by atoms with Crippen molar-refractivity contribution in [1.82, 2.24) is 5.32 Å². The van der Waals surface area contributed by atoms with Crippen LogP contribution in [0.15, 0.2) is 60.8 Å². The number of nitrogens with one attached hydrogen (secondary N) is 1. The Kier molecular flexibility index (Phi) is 56.0. The van der Waals surface area contributed by atoms with Crippen molar-refractivity contribution in [2.75, 3.05) is 40.9 Å². The number of hydrogen-bond acceptors (Lipinski definition) is 6. The lowest BCUT2D eigenvalue weighted by molar-refractivity contribution is -0.870. The van der Waals surface area contributed by atoms with Crippen LogP contribution in [0.2, 0.25) is 0 Å². The minimum absolute atomic E-state index is 0.0141. The minimum atomic E-state index is -4.43. The third-order valence-corrected chi connectivity index (χ3v) is 15.8. The molecule has 0 fully saturated rings. The average molecular weight is 1100 g/mol. The van der Waals surface area contributed by atoms with E-state index in [1.807, 2.05) is 21.1 Å². The van der Waals surface area contributed by atoms with Crippen LogP contribution in [0.4, 0.5) is 0 Å². The SMILES string of the molecule is CCCCC/C=C/CC/C=C/CCCC(O)C(O)C(COP(=O)(O)OCC[N+](C)(C)C)NC(=O)CCCCCCCCCCCCCCCCCCCCCCCCCCCC/C=C\C/C=C\C/C=C\CCCCCCC. The number of aliphatic hydroxyl groups excluding tert-OH is 2. The predicted octanol–water partition coefficient (Wildman–Crippen LogP) is 19.4. The highest BCUT2D eigenvalue weighted by atomic mass is 31.2. The monoisotopic (exact) mass is 1100 g/mol. The van der Waals surface area contributed by atoms with Crippen LogP contribution >= 0.6 is 7.82 Å². The van der Waals surface area contributed by atoms with Crippen LogP contribution in [0.1, 0.15) is 303 Å². The quantitative estimate of drug-likeness (QED) is 0.0207. The largest absolute Gasteiger partial charge is 0.472 e. The summed E-state index contributed by atoms with van der Waals surface area (Å²) in [6.07, 6.45) is 75.1. The number of quaternary nitrogens is 1. The summed E-state index contributed by atoms with van der Waals surface area (Å²) < 4.78 is 23.6. The van der Waals surface area contributed by atoms with Crippen LogP contribution < -0.4 is 5.32 Å². The maximum Gasteiger partial charge on any atom is 0.472 e. The standard InChI is InChI=1S/C67H127N2O7P/c1-6-8-10-12-14-16-18-20-21-22-23-24-25-26-27-28-29-30-31-32-33-34-35-36-37-38-39-40-41-42-43-44-45-46-47-48-50-52-54-56-58-60-66(71)68-64(63-76-77(73,74)75-62-61-69(3,4)5)67(72)65(70)59-57-55-53-51-49-19-17-15-13-11-9-7-2/h15,17-18,20,22-23,25-26,51,53,64-65,67,70,72H,6-14,16,19,21,24,27-50,52,54-63H2,1-5H3,(H-,68,71,73,74)/p+1/b17-15+,20-18-,23-22-,26-25-,53-51+. The van der Waals surface area contributed by atoms with Gasteiger partial charge < -0.3 is 24.9 Å². The summed E-state index contributed by atoms with van der Waals surface area (Å²) >= 11 is 0. The van der Waals surface area contributed by atoms with Crippen molar-refractivity contribution in [2.45, 2.75) is 321 Å². The molecule has 0 aliphatic carbocycles. The van der Waals surface area contributed by atoms with Crippen LogP contribution in [0.5, 0.6) is 0 Å². The molecule has 452 valence electrons. The van der Waals surface area contributed by atoms with Gasteiger partial charge in [0.15, 0.2) is 0 Å². The van der Waals surface area contributed by atoms with E-state index in [0.29, 0.717) is 23.9 Å². The van der Waals surface area contributed by atoms with Crippen LogP contribution in [0.25, 0.3) is 0 Å². The number of aliphatic hydroxyl groups is 2. The fourth-order valence-electron chi connectivity index (χ4n) is 9.64. The summed E-state index contributed by atoms with van der Waals surface area (Å²) in [6.45, 7) is 4.55. The van der Waals surface area contributed by atoms with Gasteiger partial charge in [-0.05, 0) is 89.9 Å². The number of amides is 1. The molecule has 0 aromatic carbocycles. The molecule has 10 heteroatoms. The Morgan fingerprint density at radius 2 is 0.779 bits per heavy atom. The number of phosphoric ester groups is 1. The summed E-state index contributed by atoms with van der Waals surface area (Å²) in [7, 11) is 1.42. The molecule has 1 amide bonds. The van der Waals surface area contributed by atoms with E-state index in [0.717, 1.165) is 57.8 Å². The molecule has 0 saturated carbocycles. The Hall–Kier alpha value is -1.84. The van der Waals surface area contributed by atoms with Crippen molar-refractivity contribution in [2.24, 2.45) is 0 Å². The Morgan fingerprint density at radius 1 is 0.455 bits per heavy atom. The zero-order valence-corrected chi connectivity index (χ0v) is 52.2. The molecule has 0 rings (SSSR count). The first-order chi connectivity index (χ1) is 37.4. The van der Waals surface area contributed by atoms with Crippen molar-refractivity contribution in [3.8, 4) is 0 Å². The van der Waals surface area contributed by atoms with E-state index in [9.17, 15) is 24.5 Å². The molecule has 0 aliphatic heterocycles. The summed E-state index contributed by atoms with van der Waals surface area (Å²) in [6, 6.07) is -1.06. The summed E-state index contributed by atoms with van der Waals surface area (Å²) in [5.74, 6) is -0.269. The number of phosphoric acid groups is 1. The molecule has 9 nitrogen and oxygen atoms in total. The predicted molar refractivity (Wildman–Crippen MR) is 333 cm³/mol. The molecule has 4 atom stereocenters. The molecule has 0 saturated heterocycles. The number of rotatable bonds is 60. The van der Waals surface area contributed by atoms with E-state index in [-0.39, 0.29) is 18.9 Å². The molecular formula is C67H128N2O7P+. The van der Waals surface area contributed by atoms with Crippen LogP contribution in [-0.2, 0) is 18.4 Å². The van der Waals surface area contributed by atoms with E-state index >= 15 is 0 Å². The first-order valence-corrected chi connectivity index (χ1v) is 34.2. The normalized spacial score (nSPS) is 14.5. The summed E-state index contributed by atoms with van der Waals surface area (Å²) in [4.78, 5) is 23.3. The molecule has 77 heavy (non-hydrogen) atoms. The summed E-state index contributed by atoms with van der Waals surface area (Å²) in [5.41, 5.74) is 0. The smallest absolute Gasteiger partial charge is 0.390 e. The first kappa shape index (κ1) is 75.2. The Balaban J connectivity index is 3.91. The number of carbonyl (C=O) groups is 1. The van der Waals surface area contributed by atoms with Gasteiger partial charge in [0.25, 0.3) is 0 Å². The van der Waals surface area contributed by atoms with Crippen LogP contribution in [0, 0.1) is 0 Å². The van der Waals surface area contributed by atoms with E-state index in [2.05, 4.69) is 79.9 Å². The van der Waals surface area contributed by atoms with E-state index in [1.54, 1.807) is 0 Å². The van der Waals surface area contributed by atoms with Gasteiger partial charge in [-0.15, -0.1) is 0 Å². The maximum absolute atomic E-state index is 13.0. The number of hydrogen-bond donors (Lipinski definition) is 4. The maximum atomic E-state index is 13.0. The van der Waals surface area contributed by atoms with Gasteiger partial charge in [-0.25, -0.2) is 4.57 Å². The van der Waals surface area contributed by atoms with Crippen LogP contribution in [-0.4, -0.2) is 84.6 Å². The second kappa shape index (κ2) is 57.4. The number of carbonyl (C=O) groups excluding carboxylic acids is 1. The minimum Gasteiger partial charge on any atom is -0.390 e. The summed E-state index contributed by atoms with van der Waals surface area (Å²) in [5, 5.41) is 24.8. The lowest BCUT2D eigenvalue weighted by Crippen LogP contribution is -2.51. The fourth-order valence-corrected chi connectivity index (χ4v) is 10.4. The van der Waals surface area contributed by atoms with Gasteiger partial charge in [-0.2, -0.15) is 0 Å². The zero-order valence-electron chi connectivity index (χ0n) is 51.3. The number of allylic oxidation sites excluding steroid dienone is 10. The molecule has 0 aromatic heterocycles. The second-order valence-corrected chi connectivity index (χ2v) is 25.1. The molecular weight excluding hydrogens is 976 g/mol. The molecule has 0 spiro atoms. The van der Waals surface area contributed by atoms with Gasteiger partial charge in [-0.1, -0.05) is 267 Å². The third-order valence-electron chi connectivity index (χ3n) is 14.8. The average Bonchev–Trinajstić information content (AvgIpc) is 3.39. The molecule has 0 radical (unpaired) electrons. The number of nitrogens with zero attached hydrogens (tertiary/aromatic N) is 1. The van der Waals surface area contributed by atoms with Gasteiger partial charge >= 0.3 is 7.82 Å². The van der Waals surface area contributed by atoms with E-state index in [4.69, 9.17) is 9.05 Å². The topological polar surface area (TPSA) is 125 Å². The highest BCUT2D eigenvalue weighted by Crippen LogP contribution is 2.43. The Morgan fingerprint density at radius 3 is 1.19 bits per heavy atom. The van der Waals surface area contributed by atoms with E-state index in [1.165, 1.54) is 212 Å². The van der Waals surface area contributed by atoms with Gasteiger partial charge in [0.05, 0.1) is 39.9 Å². The van der Waals surface area contributed by atoms with Crippen molar-refractivity contribution in [1.29, 1.82) is 0 Å². The molecule has 0 aliphatic rings. The molecule has 0 bridgehead atoms. The van der Waals surface area contributed by atoms with E-state index < -0.39 is 32.7 Å². The molecule has 4 N–H and O–H groups in total. The van der Waals surface area contributed by atoms with Crippen molar-refractivity contribution < 1.29 is 38.0 Å². The lowest BCUT2D eigenvalue weighted by Gasteiger charge is -2.28. The van der Waals surface area contributed by atoms with Crippen molar-refractivity contribution in [3.05, 3.63) is 60.8 Å². The highest BCUT2D eigenvalue weighted by Gasteiger charge is 2.32. The number of unbranched alkanes of at least 4 members (excludes halogenated alkanes) is 36. The van der Waals surface area contributed by atoms with Gasteiger partial charge in [-0.3, -0.25) is 13.8 Å². The zero-order chi connectivity index (χ0) is 56.4. The van der Waals surface area contributed by atoms with Gasteiger partial charge in [0.1, 0.15) is 19.3 Å². The highest BCUT2D eigenvalue weighted by molar-refractivity contribution is 7.47. The molecule has 4 unspecified atom stereocenters. The molecule has 0 aromatic rings. The fraction of sp³-hybridized carbons (Fsp3) is 0.836. The Labute approximate surface area is 477 Å². The van der Waals surface area contributed by atoms with Crippen molar-refractivity contribution >= 4 is 13.7 Å². The third kappa shape index (κ3) is 58.6. The Bertz CT molecular complexity index is 1460. The van der Waals surface area contributed by atoms with Gasteiger partial charge in [0.2, 0.25) is 5.91 Å². The second-order valence-electron chi connectivity index (χ2n) is 23.6. The molecule has 0 heterocycles.